The molecule has 360 valence electrons. The topological polar surface area (TPSA) is 61.7 Å². The molecular formula is C70H43N5OS. The first-order chi connectivity index (χ1) is 38.2. The van der Waals surface area contributed by atoms with Crippen LogP contribution in [0.25, 0.3) is 143 Å². The minimum atomic E-state index is 0.578. The number of hydrogen-bond donors (Lipinski definition) is 0. The van der Waals surface area contributed by atoms with Crippen molar-refractivity contribution in [2.75, 3.05) is 0 Å². The van der Waals surface area contributed by atoms with Gasteiger partial charge in [0.05, 0.1) is 28.7 Å². The number of hydrogen-bond acceptors (Lipinski definition) is 5. The Balaban J connectivity index is 0.989. The van der Waals surface area contributed by atoms with Crippen LogP contribution in [0.4, 0.5) is 0 Å². The summed E-state index contributed by atoms with van der Waals surface area (Å²) in [6.07, 6.45) is 11.2. The molecule has 2 aliphatic carbocycles. The molecule has 0 saturated carbocycles. The second kappa shape index (κ2) is 17.4. The van der Waals surface area contributed by atoms with Gasteiger partial charge in [-0.2, -0.15) is 0 Å². The molecular weight excluding hydrogens is 959 g/mol. The second-order valence-electron chi connectivity index (χ2n) is 19.9. The summed E-state index contributed by atoms with van der Waals surface area (Å²) in [5, 5.41) is 8.00. The van der Waals surface area contributed by atoms with Crippen LogP contribution in [-0.2, 0) is 6.42 Å². The third kappa shape index (κ3) is 6.79. The first kappa shape index (κ1) is 43.5. The zero-order chi connectivity index (χ0) is 50.6. The molecule has 7 heteroatoms. The summed E-state index contributed by atoms with van der Waals surface area (Å²) in [6, 6.07) is 71.4. The number of thiophene rings is 1. The Morgan fingerprint density at radius 3 is 2.06 bits per heavy atom. The standard InChI is InChI=1S/C70H43N5OS/c1-4-20-43(21-5-1)46-24-8-3-9-34-57(46)74-58-35-13-11-26-49(58)52-30-18-37-60(66(52)74)75-59-36-14-10-25-48(59)51-29-16-32-54(65(51)75)69-71-68(45-40-41-62-56(42-45)50-27-12-15-38-61(50)76-62)72-70(73-69)55-33-17-31-53-64-47(44-22-6-2-7-23-44)28-19-39-63(64)77-67(53)55/h1-2,4-8,10-13,15-33,35,37-42H,14,34,36H2. The monoisotopic (exact) mass is 1000 g/mol. The normalized spacial score (nSPS) is 13.4. The number of rotatable bonds is 7. The molecule has 0 spiro atoms. The quantitative estimate of drug-likeness (QED) is 0.149. The number of allylic oxidation sites excluding steroid dienone is 5. The van der Waals surface area contributed by atoms with Gasteiger partial charge in [-0.25, -0.2) is 15.0 Å². The molecule has 9 aromatic carbocycles. The molecule has 2 aliphatic rings. The van der Waals surface area contributed by atoms with Crippen LogP contribution in [-0.4, -0.2) is 24.1 Å². The fraction of sp³-hybridized carbons (Fsp3) is 0.0429. The van der Waals surface area contributed by atoms with E-state index < -0.39 is 0 Å². The Morgan fingerprint density at radius 1 is 0.494 bits per heavy atom. The third-order valence-electron chi connectivity index (χ3n) is 15.6. The lowest BCUT2D eigenvalue weighted by Gasteiger charge is -2.20. The van der Waals surface area contributed by atoms with Crippen LogP contribution in [0.2, 0.25) is 0 Å². The molecule has 0 saturated heterocycles. The molecule has 16 rings (SSSR count). The summed E-state index contributed by atoms with van der Waals surface area (Å²) in [6.45, 7) is 0. The molecule has 0 fully saturated rings. The van der Waals surface area contributed by atoms with Gasteiger partial charge in [-0.1, -0.05) is 170 Å². The highest BCUT2D eigenvalue weighted by atomic mass is 32.1. The predicted octanol–water partition coefficient (Wildman–Crippen LogP) is 18.1. The van der Waals surface area contributed by atoms with Crippen molar-refractivity contribution in [1.82, 2.24) is 24.1 Å². The Labute approximate surface area is 446 Å². The van der Waals surface area contributed by atoms with E-state index in [9.17, 15) is 0 Å². The number of aromatic nitrogens is 5. The maximum absolute atomic E-state index is 6.35. The summed E-state index contributed by atoms with van der Waals surface area (Å²) < 4.78 is 13.7. The Bertz CT molecular complexity index is 4960. The predicted molar refractivity (Wildman–Crippen MR) is 320 cm³/mol. The summed E-state index contributed by atoms with van der Waals surface area (Å²) in [7, 11) is 0. The van der Waals surface area contributed by atoms with Crippen LogP contribution >= 0.6 is 11.3 Å². The summed E-state index contributed by atoms with van der Waals surface area (Å²) in [5.74, 6) is 8.63. The van der Waals surface area contributed by atoms with Gasteiger partial charge in [0.1, 0.15) is 11.2 Å². The van der Waals surface area contributed by atoms with Gasteiger partial charge in [-0.3, -0.25) is 0 Å². The molecule has 5 aromatic heterocycles. The highest BCUT2D eigenvalue weighted by Gasteiger charge is 2.28. The molecule has 0 atom stereocenters. The third-order valence-corrected chi connectivity index (χ3v) is 16.8. The maximum Gasteiger partial charge on any atom is 0.166 e. The van der Waals surface area contributed by atoms with Crippen molar-refractivity contribution in [3.63, 3.8) is 0 Å². The summed E-state index contributed by atoms with van der Waals surface area (Å²) in [5.41, 5.74) is 17.1. The summed E-state index contributed by atoms with van der Waals surface area (Å²) >= 11 is 1.79. The first-order valence-electron chi connectivity index (χ1n) is 26.2. The number of para-hydroxylation sites is 4. The average molecular weight is 1000 g/mol. The molecule has 0 bridgehead atoms. The van der Waals surface area contributed by atoms with Crippen molar-refractivity contribution >= 4 is 104 Å². The van der Waals surface area contributed by atoms with Crippen LogP contribution in [0.15, 0.2) is 223 Å². The maximum atomic E-state index is 6.35. The van der Waals surface area contributed by atoms with Crippen molar-refractivity contribution in [1.29, 1.82) is 0 Å². The smallest absolute Gasteiger partial charge is 0.166 e. The van der Waals surface area contributed by atoms with Crippen molar-refractivity contribution < 1.29 is 4.42 Å². The number of benzene rings is 9. The van der Waals surface area contributed by atoms with Gasteiger partial charge in [0.15, 0.2) is 17.5 Å². The van der Waals surface area contributed by atoms with Gasteiger partial charge in [0, 0.05) is 86.3 Å². The van der Waals surface area contributed by atoms with Crippen LogP contribution < -0.4 is 0 Å². The van der Waals surface area contributed by atoms with Gasteiger partial charge in [-0.15, -0.1) is 11.3 Å². The van der Waals surface area contributed by atoms with Gasteiger partial charge in [0.25, 0.3) is 0 Å². The molecule has 5 heterocycles. The van der Waals surface area contributed by atoms with Crippen molar-refractivity contribution in [3.8, 4) is 62.8 Å². The van der Waals surface area contributed by atoms with Crippen LogP contribution in [0, 0.1) is 11.8 Å². The highest BCUT2D eigenvalue weighted by Crippen LogP contribution is 2.47. The Kier molecular flexibility index (Phi) is 9.81. The minimum absolute atomic E-state index is 0.578. The highest BCUT2D eigenvalue weighted by molar-refractivity contribution is 7.26. The molecule has 0 aliphatic heterocycles. The molecule has 0 amide bonds. The van der Waals surface area contributed by atoms with E-state index in [4.69, 9.17) is 19.4 Å². The van der Waals surface area contributed by atoms with Crippen molar-refractivity contribution in [2.24, 2.45) is 0 Å². The van der Waals surface area contributed by atoms with Gasteiger partial charge in [0.2, 0.25) is 0 Å². The van der Waals surface area contributed by atoms with E-state index in [1.807, 2.05) is 24.3 Å². The van der Waals surface area contributed by atoms with Crippen LogP contribution in [0.1, 0.15) is 29.7 Å². The van der Waals surface area contributed by atoms with Crippen molar-refractivity contribution in [2.45, 2.75) is 19.3 Å². The fourth-order valence-corrected chi connectivity index (χ4v) is 13.5. The molecule has 0 unspecified atom stereocenters. The van der Waals surface area contributed by atoms with E-state index >= 15 is 0 Å². The SMILES string of the molecule is C1#CCC(n2c3ccccc3c3cccc(-n4c5c(c6cccc(-c7nc(-c8ccc9oc%10ccccc%10c9c8)nc(-c8cccc9c8sc8cccc(-c%10ccccc%10)c89)n7)c64)C=CCC5)c32)=C(c2ccccc2)C=C1. The average Bonchev–Trinajstić information content (AvgIpc) is 4.21. The number of furan rings is 1. The van der Waals surface area contributed by atoms with E-state index in [-0.39, 0.29) is 0 Å². The molecule has 14 aromatic rings. The zero-order valence-electron chi connectivity index (χ0n) is 41.5. The Hall–Kier alpha value is -9.87. The zero-order valence-corrected chi connectivity index (χ0v) is 42.4. The van der Waals surface area contributed by atoms with E-state index in [0.29, 0.717) is 23.9 Å². The van der Waals surface area contributed by atoms with E-state index in [2.05, 4.69) is 221 Å². The van der Waals surface area contributed by atoms with Gasteiger partial charge in [-0.05, 0) is 96.3 Å². The lowest BCUT2D eigenvalue weighted by molar-refractivity contribution is 0.669. The molecule has 77 heavy (non-hydrogen) atoms. The largest absolute Gasteiger partial charge is 0.456 e. The first-order valence-corrected chi connectivity index (χ1v) is 27.0. The molecule has 0 radical (unpaired) electrons. The summed E-state index contributed by atoms with van der Waals surface area (Å²) in [4.78, 5) is 16.7. The van der Waals surface area contributed by atoms with Crippen LogP contribution in [0.3, 0.4) is 0 Å². The molecule has 6 nitrogen and oxygen atoms in total. The second-order valence-corrected chi connectivity index (χ2v) is 20.9. The van der Waals surface area contributed by atoms with Gasteiger partial charge < -0.3 is 13.6 Å². The number of fused-ring (bicyclic) bond motifs is 12. The van der Waals surface area contributed by atoms with E-state index in [1.165, 1.54) is 48.6 Å². The minimum Gasteiger partial charge on any atom is -0.456 e. The lowest BCUT2D eigenvalue weighted by Crippen LogP contribution is -2.08. The van der Waals surface area contributed by atoms with Gasteiger partial charge >= 0.3 is 0 Å². The fourth-order valence-electron chi connectivity index (χ4n) is 12.3. The van der Waals surface area contributed by atoms with Crippen molar-refractivity contribution in [3.05, 3.63) is 235 Å². The van der Waals surface area contributed by atoms with Crippen LogP contribution in [0.5, 0.6) is 0 Å². The number of nitrogens with zero attached hydrogens (tertiary/aromatic N) is 5. The van der Waals surface area contributed by atoms with E-state index in [1.54, 1.807) is 11.3 Å². The Morgan fingerprint density at radius 2 is 1.18 bits per heavy atom. The van der Waals surface area contributed by atoms with E-state index in [0.717, 1.165) is 101 Å². The molecule has 0 N–H and O–H groups in total. The lowest BCUT2D eigenvalue weighted by atomic mass is 9.99.